The van der Waals surface area contributed by atoms with Crippen LogP contribution in [0.15, 0.2) is 54.7 Å². The minimum atomic E-state index is -2.43. The van der Waals surface area contributed by atoms with Crippen molar-refractivity contribution in [3.63, 3.8) is 0 Å². The minimum Gasteiger partial charge on any atom is -0.265 e. The molecule has 31 heavy (non-hydrogen) atoms. The van der Waals surface area contributed by atoms with E-state index < -0.39 is 15.8 Å². The molecule has 2 aromatic carbocycles. The van der Waals surface area contributed by atoms with E-state index in [2.05, 4.69) is 76.0 Å². The van der Waals surface area contributed by atoms with E-state index in [9.17, 15) is 9.13 Å². The molecule has 0 radical (unpaired) electrons. The van der Waals surface area contributed by atoms with Gasteiger partial charge in [0, 0.05) is 16.9 Å². The number of aromatic nitrogens is 1. The van der Waals surface area contributed by atoms with Crippen LogP contribution in [0.5, 0.6) is 0 Å². The lowest BCUT2D eigenvalue weighted by atomic mass is 9.73. The Kier molecular flexibility index (Phi) is 5.66. The van der Waals surface area contributed by atoms with Gasteiger partial charge in [-0.05, 0) is 63.9 Å². The van der Waals surface area contributed by atoms with Crippen LogP contribution in [-0.4, -0.2) is 13.1 Å². The minimum absolute atomic E-state index is 0.0864. The van der Waals surface area contributed by atoms with Crippen molar-refractivity contribution in [2.24, 2.45) is 0 Å². The highest BCUT2D eigenvalue weighted by Crippen LogP contribution is 2.53. The van der Waals surface area contributed by atoms with Crippen LogP contribution in [0.4, 0.5) is 0 Å². The molecule has 3 aromatic rings. The average molecular weight is 448 g/mol. The van der Waals surface area contributed by atoms with Gasteiger partial charge in [0.05, 0.1) is 6.16 Å². The van der Waals surface area contributed by atoms with Crippen molar-refractivity contribution in [2.75, 3.05) is 0 Å². The van der Waals surface area contributed by atoms with Crippen LogP contribution in [0.3, 0.4) is 0 Å². The van der Waals surface area contributed by atoms with E-state index in [0.717, 1.165) is 24.0 Å². The topological polar surface area (TPSA) is 47.0 Å². The Bertz CT molecular complexity index is 1200. The number of rotatable bonds is 6. The maximum atomic E-state index is 11.3. The van der Waals surface area contributed by atoms with Crippen molar-refractivity contribution in [3.8, 4) is 22.3 Å². The van der Waals surface area contributed by atoms with Crippen LogP contribution >= 0.6 is 7.68 Å². The van der Waals surface area contributed by atoms with Gasteiger partial charge in [0.1, 0.15) is 8.07 Å². The molecule has 0 saturated heterocycles. The summed E-state index contributed by atoms with van der Waals surface area (Å²) in [4.78, 5) is 4.78. The smallest absolute Gasteiger partial charge is 0.265 e. The zero-order valence-corrected chi connectivity index (χ0v) is 20.9. The monoisotopic (exact) mass is 447 g/mol. The highest BCUT2D eigenvalue weighted by molar-refractivity contribution is 7.29. The Morgan fingerprint density at radius 2 is 1.45 bits per heavy atom. The molecule has 0 spiro atoms. The Balaban J connectivity index is 1.83. The van der Waals surface area contributed by atoms with E-state index in [4.69, 9.17) is 4.98 Å². The lowest BCUT2D eigenvalue weighted by Gasteiger charge is -2.30. The number of pyridine rings is 1. The predicted molar refractivity (Wildman–Crippen MR) is 131 cm³/mol. The summed E-state index contributed by atoms with van der Waals surface area (Å²) < 4.78 is 22.6. The number of fused-ring (bicyclic) bond motifs is 3. The van der Waals surface area contributed by atoms with Gasteiger partial charge in [0.15, 0.2) is 0 Å². The number of hydrogen-bond acceptors (Lipinski definition) is 3. The maximum absolute atomic E-state index is 11.3. The molecule has 4 rings (SSSR count). The van der Waals surface area contributed by atoms with Gasteiger partial charge >= 0.3 is 7.68 Å². The zero-order chi connectivity index (χ0) is 22.4. The molecule has 0 unspecified atom stereocenters. The number of hydrogen-bond donors (Lipinski definition) is 0. The van der Waals surface area contributed by atoms with Gasteiger partial charge < -0.3 is 0 Å². The second-order valence-electron chi connectivity index (χ2n) is 9.60. The van der Waals surface area contributed by atoms with Crippen LogP contribution in [-0.2, 0) is 20.7 Å². The molecule has 1 aliphatic rings. The summed E-state index contributed by atoms with van der Waals surface area (Å²) in [5, 5.41) is 1.23. The first-order valence-electron chi connectivity index (χ1n) is 11.1. The summed E-state index contributed by atoms with van der Waals surface area (Å²) in [5.74, 6) is 0. The molecule has 1 heterocycles. The van der Waals surface area contributed by atoms with E-state index in [1.165, 1.54) is 33.1 Å². The first-order chi connectivity index (χ1) is 14.7. The van der Waals surface area contributed by atoms with Gasteiger partial charge in [-0.25, -0.2) is 9.13 Å². The predicted octanol–water partition coefficient (Wildman–Crippen LogP) is 7.05. The summed E-state index contributed by atoms with van der Waals surface area (Å²) in [5.41, 5.74) is 8.25. The molecule has 5 heteroatoms. The molecule has 0 bridgehead atoms. The summed E-state index contributed by atoms with van der Waals surface area (Å²) in [6.07, 6.45) is 4.07. The molecule has 1 aliphatic carbocycles. The van der Waals surface area contributed by atoms with Gasteiger partial charge in [-0.2, -0.15) is 0 Å². The van der Waals surface area contributed by atoms with Gasteiger partial charge in [0.25, 0.3) is 0 Å². The molecule has 160 valence electrons. The largest absolute Gasteiger partial charge is 0.320 e. The summed E-state index contributed by atoms with van der Waals surface area (Å²) in [7, 11) is -3.86. The van der Waals surface area contributed by atoms with Crippen molar-refractivity contribution in [3.05, 3.63) is 71.4 Å². The highest BCUT2D eigenvalue weighted by atomic mass is 31.1. The number of nitrogens with zero attached hydrogens (tertiary/aromatic N) is 1. The van der Waals surface area contributed by atoms with Crippen LogP contribution in [0.2, 0.25) is 19.6 Å². The first kappa shape index (κ1) is 21.9. The maximum Gasteiger partial charge on any atom is 0.320 e. The molecule has 0 aliphatic heterocycles. The van der Waals surface area contributed by atoms with E-state index in [-0.39, 0.29) is 11.6 Å². The van der Waals surface area contributed by atoms with Gasteiger partial charge in [-0.15, -0.1) is 0 Å². The molecule has 1 aromatic heterocycles. The Labute approximate surface area is 186 Å². The Morgan fingerprint density at radius 1 is 0.839 bits per heavy atom. The number of benzene rings is 2. The van der Waals surface area contributed by atoms with Crippen LogP contribution < -0.4 is 5.32 Å². The normalized spacial score (nSPS) is 14.2. The molecular formula is C26H30NO2PSi. The van der Waals surface area contributed by atoms with Crippen LogP contribution in [0, 0.1) is 0 Å². The van der Waals surface area contributed by atoms with E-state index in [0.29, 0.717) is 0 Å². The third-order valence-electron chi connectivity index (χ3n) is 6.81. The summed E-state index contributed by atoms with van der Waals surface area (Å²) >= 11 is 0. The van der Waals surface area contributed by atoms with Crippen LogP contribution in [0.1, 0.15) is 43.4 Å². The van der Waals surface area contributed by atoms with Crippen molar-refractivity contribution in [2.45, 2.75) is 57.9 Å². The lowest BCUT2D eigenvalue weighted by molar-refractivity contribution is 0.490. The molecular weight excluding hydrogens is 417 g/mol. The fourth-order valence-corrected chi connectivity index (χ4v) is 6.52. The lowest BCUT2D eigenvalue weighted by Crippen LogP contribution is -2.39. The van der Waals surface area contributed by atoms with Crippen molar-refractivity contribution < 1.29 is 9.13 Å². The third-order valence-corrected chi connectivity index (χ3v) is 9.26. The molecule has 0 fully saturated rings. The summed E-state index contributed by atoms with van der Waals surface area (Å²) in [6.45, 7) is 11.4. The fraction of sp³-hybridized carbons (Fsp3) is 0.346. The molecule has 0 atom stereocenters. The first-order valence-corrected chi connectivity index (χ1v) is 15.9. The second kappa shape index (κ2) is 8.00. The molecule has 0 saturated carbocycles. The van der Waals surface area contributed by atoms with Gasteiger partial charge in [-0.1, -0.05) is 69.9 Å². The van der Waals surface area contributed by atoms with E-state index >= 15 is 0 Å². The fourth-order valence-electron chi connectivity index (χ4n) is 4.99. The Morgan fingerprint density at radius 3 is 2.00 bits per heavy atom. The molecule has 0 N–H and O–H groups in total. The van der Waals surface area contributed by atoms with Crippen molar-refractivity contribution >= 4 is 21.1 Å². The van der Waals surface area contributed by atoms with E-state index in [1.54, 1.807) is 0 Å². The van der Waals surface area contributed by atoms with E-state index in [1.807, 2.05) is 12.3 Å². The van der Waals surface area contributed by atoms with Crippen molar-refractivity contribution in [1.29, 1.82) is 0 Å². The summed E-state index contributed by atoms with van der Waals surface area (Å²) in [6, 6.07) is 17.3. The van der Waals surface area contributed by atoms with Gasteiger partial charge in [0.2, 0.25) is 0 Å². The zero-order valence-electron chi connectivity index (χ0n) is 19.0. The van der Waals surface area contributed by atoms with Crippen LogP contribution in [0.25, 0.3) is 22.3 Å². The average Bonchev–Trinajstić information content (AvgIpc) is 3.01. The third kappa shape index (κ3) is 3.77. The second-order valence-corrected chi connectivity index (χ2v) is 15.6. The van der Waals surface area contributed by atoms with Gasteiger partial charge in [-0.3, -0.25) is 4.98 Å². The Hall–Kier alpha value is -2.29. The molecule has 3 nitrogen and oxygen atoms in total. The SMILES string of the molecule is CCC1(CC)c2cc(CP(=O)=O)ccc2-c2ccc(-c3ccc([Si](C)(C)C)nc3)cc21. The quantitative estimate of drug-likeness (QED) is 0.300. The highest BCUT2D eigenvalue weighted by Gasteiger charge is 2.40. The van der Waals surface area contributed by atoms with Crippen molar-refractivity contribution in [1.82, 2.24) is 4.98 Å². The standard InChI is InChI=1S/C26H30NO2PSi/c1-6-26(7-2)23-14-18(17-30(28)29)8-11-21(23)22-12-9-19(15-24(22)26)20-10-13-25(27-16-20)31(3,4)5/h8-16H,6-7,17H2,1-5H3. The molecule has 0 amide bonds.